The molecule has 0 unspecified atom stereocenters. The van der Waals surface area contributed by atoms with Crippen molar-refractivity contribution in [3.05, 3.63) is 17.0 Å². The van der Waals surface area contributed by atoms with Crippen LogP contribution in [0.1, 0.15) is 12.6 Å². The van der Waals surface area contributed by atoms with Crippen molar-refractivity contribution in [2.24, 2.45) is 0 Å². The molecule has 5 nitrogen and oxygen atoms in total. The van der Waals surface area contributed by atoms with Crippen molar-refractivity contribution in [1.82, 2.24) is 9.97 Å². The second-order valence-electron chi connectivity index (χ2n) is 3.01. The van der Waals surface area contributed by atoms with E-state index in [-0.39, 0.29) is 6.54 Å². The van der Waals surface area contributed by atoms with E-state index in [0.29, 0.717) is 23.0 Å². The molecule has 0 aromatic carbocycles. The summed E-state index contributed by atoms with van der Waals surface area (Å²) >= 11 is 5.93. The molecule has 0 aliphatic carbocycles. The molecule has 0 bridgehead atoms. The highest BCUT2D eigenvalue weighted by atomic mass is 35.5. The van der Waals surface area contributed by atoms with E-state index in [1.165, 1.54) is 6.33 Å². The Morgan fingerprint density at radius 2 is 2.19 bits per heavy atom. The number of aromatic nitrogens is 2. The molecule has 1 N–H and O–H groups in total. The fraction of sp³-hybridized carbons (Fsp3) is 0.500. The fourth-order valence-corrected chi connectivity index (χ4v) is 1.71. The molecule has 0 radical (unpaired) electrons. The van der Waals surface area contributed by atoms with E-state index in [0.717, 1.165) is 0 Å². The van der Waals surface area contributed by atoms with Gasteiger partial charge in [-0.1, -0.05) is 18.5 Å². The molecule has 0 saturated carbocycles. The van der Waals surface area contributed by atoms with Crippen LogP contribution in [0.4, 0.5) is 9.70 Å². The van der Waals surface area contributed by atoms with Crippen molar-refractivity contribution in [2.45, 2.75) is 13.3 Å². The first-order chi connectivity index (χ1) is 7.44. The summed E-state index contributed by atoms with van der Waals surface area (Å²) in [6.07, 6.45) is 1.95. The molecule has 8 heteroatoms. The molecule has 0 aliphatic heterocycles. The van der Waals surface area contributed by atoms with Crippen LogP contribution in [-0.4, -0.2) is 30.7 Å². The first kappa shape index (κ1) is 13.1. The molecule has 16 heavy (non-hydrogen) atoms. The van der Waals surface area contributed by atoms with Crippen LogP contribution in [0.25, 0.3) is 0 Å². The van der Waals surface area contributed by atoms with Crippen LogP contribution in [0, 0.1) is 0 Å². The molecule has 0 saturated heterocycles. The summed E-state index contributed by atoms with van der Waals surface area (Å²) in [6, 6.07) is 0. The van der Waals surface area contributed by atoms with Gasteiger partial charge in [-0.3, -0.25) is 0 Å². The Hall–Kier alpha value is -0.950. The molecule has 1 rings (SSSR count). The number of aryl methyl sites for hydroxylation is 1. The molecule has 0 spiro atoms. The highest BCUT2D eigenvalue weighted by Crippen LogP contribution is 2.21. The van der Waals surface area contributed by atoms with Gasteiger partial charge in [0.15, 0.2) is 0 Å². The summed E-state index contributed by atoms with van der Waals surface area (Å²) in [5, 5.41) is 2.98. The standard InChI is InChI=1S/C8H11ClFN3O2S/c1-2-6-7(9)8(13-5-12-6)11-3-4-16(10,14)15/h5H,2-4H2,1H3,(H,11,12,13). The van der Waals surface area contributed by atoms with E-state index in [1.807, 2.05) is 6.92 Å². The largest absolute Gasteiger partial charge is 0.368 e. The van der Waals surface area contributed by atoms with Gasteiger partial charge in [0.2, 0.25) is 0 Å². The Morgan fingerprint density at radius 1 is 1.50 bits per heavy atom. The maximum Gasteiger partial charge on any atom is 0.304 e. The summed E-state index contributed by atoms with van der Waals surface area (Å²) in [4.78, 5) is 7.77. The minimum Gasteiger partial charge on any atom is -0.368 e. The monoisotopic (exact) mass is 267 g/mol. The molecular weight excluding hydrogens is 257 g/mol. The Kier molecular flexibility index (Phi) is 4.43. The zero-order chi connectivity index (χ0) is 12.2. The lowest BCUT2D eigenvalue weighted by Crippen LogP contribution is -2.13. The van der Waals surface area contributed by atoms with Crippen LogP contribution in [0.15, 0.2) is 6.33 Å². The second-order valence-corrected chi connectivity index (χ2v) is 4.87. The number of nitrogens with zero attached hydrogens (tertiary/aromatic N) is 2. The average molecular weight is 268 g/mol. The van der Waals surface area contributed by atoms with Crippen molar-refractivity contribution in [3.8, 4) is 0 Å². The molecule has 0 aliphatic rings. The SMILES string of the molecule is CCc1ncnc(NCCS(=O)(=O)F)c1Cl. The molecule has 90 valence electrons. The van der Waals surface area contributed by atoms with Crippen molar-refractivity contribution < 1.29 is 12.3 Å². The minimum atomic E-state index is -4.47. The third kappa shape index (κ3) is 3.90. The van der Waals surface area contributed by atoms with E-state index >= 15 is 0 Å². The second kappa shape index (κ2) is 5.40. The van der Waals surface area contributed by atoms with Gasteiger partial charge < -0.3 is 5.32 Å². The summed E-state index contributed by atoms with van der Waals surface area (Å²) in [5.74, 6) is -0.299. The Bertz CT molecular complexity index is 466. The minimum absolute atomic E-state index is 0.0846. The van der Waals surface area contributed by atoms with Crippen LogP contribution >= 0.6 is 11.6 Å². The lowest BCUT2D eigenvalue weighted by Gasteiger charge is -2.07. The summed E-state index contributed by atoms with van der Waals surface area (Å²) in [7, 11) is -4.47. The lowest BCUT2D eigenvalue weighted by molar-refractivity contribution is 0.552. The predicted molar refractivity (Wildman–Crippen MR) is 59.8 cm³/mol. The summed E-state index contributed by atoms with van der Waals surface area (Å²) in [5.41, 5.74) is 0.655. The topological polar surface area (TPSA) is 72.0 Å². The summed E-state index contributed by atoms with van der Waals surface area (Å²) < 4.78 is 32.7. The Labute approximate surface area is 98.3 Å². The molecule has 0 fully saturated rings. The molecule has 1 heterocycles. The maximum atomic E-state index is 12.2. The highest BCUT2D eigenvalue weighted by Gasteiger charge is 2.10. The molecule has 0 atom stereocenters. The molecule has 1 aromatic rings. The number of anilines is 1. The van der Waals surface area contributed by atoms with E-state index in [4.69, 9.17) is 11.6 Å². The fourth-order valence-electron chi connectivity index (χ4n) is 1.07. The number of rotatable bonds is 5. The van der Waals surface area contributed by atoms with Gasteiger partial charge in [-0.15, -0.1) is 3.89 Å². The Balaban J connectivity index is 2.68. The molecule has 0 amide bonds. The summed E-state index contributed by atoms with van der Waals surface area (Å²) in [6.45, 7) is 1.79. The van der Waals surface area contributed by atoms with Gasteiger partial charge in [0.25, 0.3) is 0 Å². The highest BCUT2D eigenvalue weighted by molar-refractivity contribution is 7.86. The van der Waals surface area contributed by atoms with E-state index in [1.54, 1.807) is 0 Å². The Morgan fingerprint density at radius 3 is 2.75 bits per heavy atom. The number of hydrogen-bond acceptors (Lipinski definition) is 5. The van der Waals surface area contributed by atoms with Gasteiger partial charge in [-0.25, -0.2) is 9.97 Å². The van der Waals surface area contributed by atoms with Crippen LogP contribution in [-0.2, 0) is 16.6 Å². The number of halogens is 2. The molecular formula is C8H11ClFN3O2S. The van der Waals surface area contributed by atoms with Gasteiger partial charge in [0, 0.05) is 6.54 Å². The smallest absolute Gasteiger partial charge is 0.304 e. The van der Waals surface area contributed by atoms with Crippen LogP contribution < -0.4 is 5.32 Å². The van der Waals surface area contributed by atoms with Gasteiger partial charge in [0.05, 0.1) is 11.4 Å². The van der Waals surface area contributed by atoms with Gasteiger partial charge in [-0.2, -0.15) is 8.42 Å². The van der Waals surface area contributed by atoms with Crippen molar-refractivity contribution >= 4 is 27.6 Å². The molecule has 1 aromatic heterocycles. The first-order valence-corrected chi connectivity index (χ1v) is 6.52. The quantitative estimate of drug-likeness (QED) is 0.817. The van der Waals surface area contributed by atoms with Gasteiger partial charge in [-0.05, 0) is 6.42 Å². The van der Waals surface area contributed by atoms with Crippen LogP contribution in [0.3, 0.4) is 0 Å². The van der Waals surface area contributed by atoms with Crippen LogP contribution in [0.5, 0.6) is 0 Å². The average Bonchev–Trinajstić information content (AvgIpc) is 2.19. The third-order valence-corrected chi connectivity index (χ3v) is 2.92. The maximum absolute atomic E-state index is 12.2. The van der Waals surface area contributed by atoms with Gasteiger partial charge in [0.1, 0.15) is 17.2 Å². The van der Waals surface area contributed by atoms with Crippen molar-refractivity contribution in [1.29, 1.82) is 0 Å². The van der Waals surface area contributed by atoms with Crippen LogP contribution in [0.2, 0.25) is 5.02 Å². The van der Waals surface area contributed by atoms with E-state index in [9.17, 15) is 12.3 Å². The number of nitrogens with one attached hydrogen (secondary N) is 1. The van der Waals surface area contributed by atoms with Crippen molar-refractivity contribution in [2.75, 3.05) is 17.6 Å². The first-order valence-electron chi connectivity index (χ1n) is 4.59. The third-order valence-electron chi connectivity index (χ3n) is 1.83. The zero-order valence-corrected chi connectivity index (χ0v) is 10.1. The lowest BCUT2D eigenvalue weighted by atomic mass is 10.3. The van der Waals surface area contributed by atoms with Gasteiger partial charge >= 0.3 is 10.2 Å². The predicted octanol–water partition coefficient (Wildman–Crippen LogP) is 1.40. The van der Waals surface area contributed by atoms with E-state index in [2.05, 4.69) is 15.3 Å². The van der Waals surface area contributed by atoms with E-state index < -0.39 is 16.0 Å². The number of hydrogen-bond donors (Lipinski definition) is 1. The van der Waals surface area contributed by atoms with Crippen molar-refractivity contribution in [3.63, 3.8) is 0 Å². The zero-order valence-electron chi connectivity index (χ0n) is 8.57. The normalized spacial score (nSPS) is 11.4.